The number of ketones is 1. The third kappa shape index (κ3) is 2.32. The second-order valence-electron chi connectivity index (χ2n) is 10.2. The van der Waals surface area contributed by atoms with Crippen molar-refractivity contribution in [3.05, 3.63) is 36.5 Å². The third-order valence-corrected chi connectivity index (χ3v) is 9.34. The van der Waals surface area contributed by atoms with Crippen molar-refractivity contribution in [1.82, 2.24) is 0 Å². The first-order valence-electron chi connectivity index (χ1n) is 11.2. The van der Waals surface area contributed by atoms with E-state index in [1.165, 1.54) is 36.8 Å². The molecule has 0 aromatic rings. The van der Waals surface area contributed by atoms with E-state index in [-0.39, 0.29) is 11.0 Å². The predicted molar refractivity (Wildman–Crippen MR) is 108 cm³/mol. The van der Waals surface area contributed by atoms with E-state index < -0.39 is 0 Å². The Labute approximate surface area is 164 Å². The van der Waals surface area contributed by atoms with E-state index in [0.29, 0.717) is 17.6 Å². The zero-order chi connectivity index (χ0) is 18.8. The third-order valence-electron chi connectivity index (χ3n) is 9.34. The van der Waals surface area contributed by atoms with Crippen LogP contribution in [-0.2, 0) is 9.53 Å². The van der Waals surface area contributed by atoms with Gasteiger partial charge in [0.05, 0.1) is 12.2 Å². The van der Waals surface area contributed by atoms with Crippen molar-refractivity contribution in [2.75, 3.05) is 6.61 Å². The molecule has 3 saturated carbocycles. The molecule has 2 nitrogen and oxygen atoms in total. The molecule has 0 radical (unpaired) electrons. The fourth-order valence-corrected chi connectivity index (χ4v) is 8.41. The molecule has 0 bridgehead atoms. The SMILES string of the molecule is C=CC[C@H]1C[C@@]2(C)[C@@H](CC[C@]23OCCC3=C)[C@@H]2CCC3=CC(=O)CC[C@@H]3[C@@H]12. The van der Waals surface area contributed by atoms with Crippen molar-refractivity contribution >= 4 is 5.78 Å². The van der Waals surface area contributed by atoms with Gasteiger partial charge in [0.1, 0.15) is 0 Å². The Bertz CT molecular complexity index is 718. The van der Waals surface area contributed by atoms with Gasteiger partial charge in [-0.1, -0.05) is 25.2 Å². The molecule has 0 aromatic heterocycles. The van der Waals surface area contributed by atoms with Gasteiger partial charge in [-0.15, -0.1) is 6.58 Å². The van der Waals surface area contributed by atoms with Gasteiger partial charge in [-0.25, -0.2) is 0 Å². The Morgan fingerprint density at radius 2 is 2.11 bits per heavy atom. The zero-order valence-electron chi connectivity index (χ0n) is 16.8. The Morgan fingerprint density at radius 3 is 2.85 bits per heavy atom. The molecule has 1 saturated heterocycles. The fourth-order valence-electron chi connectivity index (χ4n) is 8.41. The molecular weight excluding hydrogens is 332 g/mol. The van der Waals surface area contributed by atoms with Crippen molar-refractivity contribution in [3.8, 4) is 0 Å². The lowest BCUT2D eigenvalue weighted by Gasteiger charge is -2.59. The second-order valence-corrected chi connectivity index (χ2v) is 10.2. The molecule has 0 unspecified atom stereocenters. The maximum absolute atomic E-state index is 12.0. The van der Waals surface area contributed by atoms with Crippen molar-refractivity contribution in [2.24, 2.45) is 35.0 Å². The summed E-state index contributed by atoms with van der Waals surface area (Å²) in [5, 5.41) is 0. The highest BCUT2D eigenvalue weighted by atomic mass is 16.5. The quantitative estimate of drug-likeness (QED) is 0.591. The maximum Gasteiger partial charge on any atom is 0.155 e. The molecule has 5 aliphatic rings. The first kappa shape index (κ1) is 17.9. The maximum atomic E-state index is 12.0. The largest absolute Gasteiger partial charge is 0.370 e. The van der Waals surface area contributed by atoms with Gasteiger partial charge < -0.3 is 4.74 Å². The number of carbonyl (C=O) groups excluding carboxylic acids is 1. The normalized spacial score (nSPS) is 48.8. The molecule has 5 rings (SSSR count). The lowest BCUT2D eigenvalue weighted by atomic mass is 9.46. The van der Waals surface area contributed by atoms with Crippen LogP contribution < -0.4 is 0 Å². The predicted octanol–water partition coefficient (Wildman–Crippen LogP) is 5.65. The van der Waals surface area contributed by atoms with E-state index >= 15 is 0 Å². The summed E-state index contributed by atoms with van der Waals surface area (Å²) >= 11 is 0. The monoisotopic (exact) mass is 366 g/mol. The highest BCUT2D eigenvalue weighted by Gasteiger charge is 2.66. The van der Waals surface area contributed by atoms with E-state index in [1.54, 1.807) is 0 Å². The number of hydrogen-bond acceptors (Lipinski definition) is 2. The van der Waals surface area contributed by atoms with Crippen LogP contribution in [0.4, 0.5) is 0 Å². The zero-order valence-corrected chi connectivity index (χ0v) is 16.8. The highest BCUT2D eigenvalue weighted by Crippen LogP contribution is 2.70. The van der Waals surface area contributed by atoms with Crippen LogP contribution in [-0.4, -0.2) is 18.0 Å². The molecule has 0 amide bonds. The average Bonchev–Trinajstić information content (AvgIpc) is 3.16. The van der Waals surface area contributed by atoms with Gasteiger partial charge in [0.25, 0.3) is 0 Å². The first-order valence-corrected chi connectivity index (χ1v) is 11.2. The molecular formula is C25H34O2. The molecule has 4 aliphatic carbocycles. The minimum Gasteiger partial charge on any atom is -0.370 e. The van der Waals surface area contributed by atoms with Crippen LogP contribution in [0.3, 0.4) is 0 Å². The van der Waals surface area contributed by atoms with Crippen molar-refractivity contribution in [3.63, 3.8) is 0 Å². The number of fused-ring (bicyclic) bond motifs is 6. The van der Waals surface area contributed by atoms with Crippen LogP contribution in [0.15, 0.2) is 36.5 Å². The van der Waals surface area contributed by atoms with Crippen LogP contribution in [0, 0.1) is 35.0 Å². The van der Waals surface area contributed by atoms with Gasteiger partial charge >= 0.3 is 0 Å². The van der Waals surface area contributed by atoms with E-state index in [1.807, 2.05) is 6.08 Å². The van der Waals surface area contributed by atoms with E-state index in [0.717, 1.165) is 56.5 Å². The van der Waals surface area contributed by atoms with Crippen molar-refractivity contribution in [1.29, 1.82) is 0 Å². The Hall–Kier alpha value is -1.15. The molecule has 0 aromatic carbocycles. The summed E-state index contributed by atoms with van der Waals surface area (Å²) in [6.07, 6.45) is 14.2. The molecule has 1 spiro atoms. The molecule has 1 aliphatic heterocycles. The lowest BCUT2D eigenvalue weighted by molar-refractivity contribution is -0.132. The summed E-state index contributed by atoms with van der Waals surface area (Å²) in [6, 6.07) is 0. The standard InChI is InChI=1S/C25H34O2/c1-4-5-18-15-24(3)22(10-12-25(24)16(2)11-13-27-25)21-8-6-17-14-19(26)7-9-20(17)23(18)21/h4,14,18,20-23H,1-2,5-13,15H2,3H3/t18-,20-,21-,22-,23+,24-,25+/m0/s1. The molecule has 146 valence electrons. The van der Waals surface area contributed by atoms with Gasteiger partial charge in [-0.05, 0) is 92.6 Å². The first-order chi connectivity index (χ1) is 13.0. The topological polar surface area (TPSA) is 26.3 Å². The van der Waals surface area contributed by atoms with Gasteiger partial charge in [0.2, 0.25) is 0 Å². The molecule has 1 heterocycles. The fraction of sp³-hybridized carbons (Fsp3) is 0.720. The summed E-state index contributed by atoms with van der Waals surface area (Å²) in [5.74, 6) is 3.93. The number of carbonyl (C=O) groups is 1. The summed E-state index contributed by atoms with van der Waals surface area (Å²) in [4.78, 5) is 12.0. The van der Waals surface area contributed by atoms with Crippen molar-refractivity contribution in [2.45, 2.75) is 70.3 Å². The summed E-state index contributed by atoms with van der Waals surface area (Å²) in [6.45, 7) is 12.0. The molecule has 0 N–H and O–H groups in total. The number of ether oxygens (including phenoxy) is 1. The van der Waals surface area contributed by atoms with Gasteiger partial charge in [0.15, 0.2) is 5.78 Å². The van der Waals surface area contributed by atoms with Crippen LogP contribution in [0.1, 0.15) is 64.7 Å². The summed E-state index contributed by atoms with van der Waals surface area (Å²) in [5.41, 5.74) is 2.99. The molecule has 27 heavy (non-hydrogen) atoms. The summed E-state index contributed by atoms with van der Waals surface area (Å²) < 4.78 is 6.53. The van der Waals surface area contributed by atoms with Crippen LogP contribution in [0.2, 0.25) is 0 Å². The Kier molecular flexibility index (Phi) is 4.10. The lowest BCUT2D eigenvalue weighted by Crippen LogP contribution is -2.56. The number of allylic oxidation sites excluding steroid dienone is 2. The number of rotatable bonds is 2. The van der Waals surface area contributed by atoms with Crippen LogP contribution in [0.5, 0.6) is 0 Å². The van der Waals surface area contributed by atoms with E-state index in [2.05, 4.69) is 26.2 Å². The summed E-state index contributed by atoms with van der Waals surface area (Å²) in [7, 11) is 0. The Morgan fingerprint density at radius 1 is 1.26 bits per heavy atom. The molecule has 4 fully saturated rings. The molecule has 2 heteroatoms. The second kappa shape index (κ2) is 6.17. The van der Waals surface area contributed by atoms with E-state index in [4.69, 9.17) is 4.74 Å². The van der Waals surface area contributed by atoms with Crippen LogP contribution >= 0.6 is 0 Å². The van der Waals surface area contributed by atoms with Gasteiger partial charge in [0, 0.05) is 11.8 Å². The van der Waals surface area contributed by atoms with Crippen molar-refractivity contribution < 1.29 is 9.53 Å². The van der Waals surface area contributed by atoms with Gasteiger partial charge in [-0.3, -0.25) is 4.79 Å². The Balaban J connectivity index is 1.55. The highest BCUT2D eigenvalue weighted by molar-refractivity contribution is 5.91. The minimum atomic E-state index is -0.0687. The van der Waals surface area contributed by atoms with Crippen LogP contribution in [0.25, 0.3) is 0 Å². The average molecular weight is 367 g/mol. The molecule has 7 atom stereocenters. The number of hydrogen-bond donors (Lipinski definition) is 0. The smallest absolute Gasteiger partial charge is 0.155 e. The van der Waals surface area contributed by atoms with Gasteiger partial charge in [-0.2, -0.15) is 0 Å². The minimum absolute atomic E-state index is 0.0687. The van der Waals surface area contributed by atoms with E-state index in [9.17, 15) is 4.79 Å².